The first-order valence-corrected chi connectivity index (χ1v) is 7.67. The zero-order valence-electron chi connectivity index (χ0n) is 13.5. The minimum Gasteiger partial charge on any atom is -0.440 e. The molecule has 23 heavy (non-hydrogen) atoms. The van der Waals surface area contributed by atoms with E-state index >= 15 is 0 Å². The molecule has 1 saturated heterocycles. The second kappa shape index (κ2) is 8.95. The van der Waals surface area contributed by atoms with Crippen molar-refractivity contribution in [3.8, 4) is 0 Å². The number of piperidine rings is 1. The number of likely N-dealkylation sites (N-methyl/N-ethyl adjacent to an activating group) is 1. The van der Waals surface area contributed by atoms with Gasteiger partial charge in [-0.05, 0) is 26.4 Å². The minimum absolute atomic E-state index is 0.0715. The number of hydrogen-bond donors (Lipinski definition) is 1. The molecule has 0 saturated carbocycles. The van der Waals surface area contributed by atoms with Crippen LogP contribution in [0.15, 0.2) is 0 Å². The normalized spacial score (nSPS) is 16.5. The minimum atomic E-state index is -4.53. The zero-order chi connectivity index (χ0) is 17.5. The monoisotopic (exact) mass is 339 g/mol. The summed E-state index contributed by atoms with van der Waals surface area (Å²) in [5, 5.41) is 2.84. The molecule has 0 aromatic heterocycles. The molecule has 0 radical (unpaired) electrons. The van der Waals surface area contributed by atoms with Crippen molar-refractivity contribution in [2.24, 2.45) is 5.92 Å². The summed E-state index contributed by atoms with van der Waals surface area (Å²) >= 11 is 0. The van der Waals surface area contributed by atoms with Gasteiger partial charge in [-0.25, -0.2) is 4.79 Å². The highest BCUT2D eigenvalue weighted by Gasteiger charge is 2.32. The fraction of sp³-hybridized carbons (Fsp3) is 0.857. The first-order chi connectivity index (χ1) is 10.7. The van der Waals surface area contributed by atoms with Crippen LogP contribution < -0.4 is 5.32 Å². The number of carbonyl (C=O) groups excluding carboxylic acids is 2. The lowest BCUT2D eigenvalue weighted by Gasteiger charge is -2.30. The third-order valence-corrected chi connectivity index (χ3v) is 3.82. The van der Waals surface area contributed by atoms with Crippen molar-refractivity contribution in [1.82, 2.24) is 15.1 Å². The molecule has 0 spiro atoms. The summed E-state index contributed by atoms with van der Waals surface area (Å²) in [5.41, 5.74) is 0. The lowest BCUT2D eigenvalue weighted by Crippen LogP contribution is -2.44. The summed E-state index contributed by atoms with van der Waals surface area (Å²) in [6.07, 6.45) is -4.65. The topological polar surface area (TPSA) is 61.9 Å². The standard InChI is InChI=1S/C14H24F3N3O3/c1-3-19(2)9-6-18-12(21)11-4-7-20(8-5-11)13(22)23-10-14(15,16)17/h11H,3-10H2,1-2H3,(H,18,21). The number of halogens is 3. The highest BCUT2D eigenvalue weighted by atomic mass is 19.4. The van der Waals surface area contributed by atoms with E-state index in [0.29, 0.717) is 19.4 Å². The van der Waals surface area contributed by atoms with Crippen LogP contribution in [0.1, 0.15) is 19.8 Å². The van der Waals surface area contributed by atoms with Crippen LogP contribution in [0.5, 0.6) is 0 Å². The number of likely N-dealkylation sites (tertiary alicyclic amines) is 1. The molecule has 0 atom stereocenters. The fourth-order valence-electron chi connectivity index (χ4n) is 2.23. The highest BCUT2D eigenvalue weighted by molar-refractivity contribution is 5.79. The Kier molecular flexibility index (Phi) is 7.60. The van der Waals surface area contributed by atoms with Crippen LogP contribution >= 0.6 is 0 Å². The molecule has 1 aliphatic rings. The maximum absolute atomic E-state index is 12.0. The summed E-state index contributed by atoms with van der Waals surface area (Å²) in [6.45, 7) is 3.09. The van der Waals surface area contributed by atoms with Crippen LogP contribution in [0.4, 0.5) is 18.0 Å². The van der Waals surface area contributed by atoms with Crippen molar-refractivity contribution in [3.05, 3.63) is 0 Å². The smallest absolute Gasteiger partial charge is 0.422 e. The Morgan fingerprint density at radius 2 is 1.91 bits per heavy atom. The average molecular weight is 339 g/mol. The average Bonchev–Trinajstić information content (AvgIpc) is 2.51. The van der Waals surface area contributed by atoms with Gasteiger partial charge in [0.2, 0.25) is 5.91 Å². The molecule has 1 rings (SSSR count). The molecule has 1 heterocycles. The van der Waals surface area contributed by atoms with Crippen LogP contribution in [0.2, 0.25) is 0 Å². The number of alkyl halides is 3. The highest BCUT2D eigenvalue weighted by Crippen LogP contribution is 2.19. The molecule has 6 nitrogen and oxygen atoms in total. The first-order valence-electron chi connectivity index (χ1n) is 7.67. The van der Waals surface area contributed by atoms with Crippen molar-refractivity contribution in [2.75, 3.05) is 46.4 Å². The van der Waals surface area contributed by atoms with Gasteiger partial charge in [-0.3, -0.25) is 4.79 Å². The molecular formula is C14H24F3N3O3. The van der Waals surface area contributed by atoms with Gasteiger partial charge in [-0.15, -0.1) is 0 Å². The summed E-state index contributed by atoms with van der Waals surface area (Å²) in [7, 11) is 1.96. The number of amides is 2. The van der Waals surface area contributed by atoms with Gasteiger partial charge in [0.25, 0.3) is 0 Å². The van der Waals surface area contributed by atoms with Crippen molar-refractivity contribution in [3.63, 3.8) is 0 Å². The molecule has 0 aliphatic carbocycles. The Morgan fingerprint density at radius 1 is 1.30 bits per heavy atom. The second-order valence-electron chi connectivity index (χ2n) is 5.62. The number of carbonyl (C=O) groups is 2. The molecule has 1 aliphatic heterocycles. The maximum atomic E-state index is 12.0. The van der Waals surface area contributed by atoms with E-state index in [-0.39, 0.29) is 24.9 Å². The predicted molar refractivity (Wildman–Crippen MR) is 77.9 cm³/mol. The van der Waals surface area contributed by atoms with E-state index in [2.05, 4.69) is 15.0 Å². The van der Waals surface area contributed by atoms with E-state index in [1.54, 1.807) is 0 Å². The molecule has 1 fully saturated rings. The first kappa shape index (κ1) is 19.5. The van der Waals surface area contributed by atoms with Gasteiger partial charge in [-0.2, -0.15) is 13.2 Å². The van der Waals surface area contributed by atoms with Crippen molar-refractivity contribution >= 4 is 12.0 Å². The number of ether oxygens (including phenoxy) is 1. The van der Waals surface area contributed by atoms with Gasteiger partial charge in [0.05, 0.1) is 0 Å². The molecule has 0 bridgehead atoms. The van der Waals surface area contributed by atoms with Crippen LogP contribution in [-0.4, -0.2) is 74.4 Å². The number of nitrogens with zero attached hydrogens (tertiary/aromatic N) is 2. The van der Waals surface area contributed by atoms with Crippen LogP contribution in [0.3, 0.4) is 0 Å². The molecule has 9 heteroatoms. The van der Waals surface area contributed by atoms with Crippen LogP contribution in [0, 0.1) is 5.92 Å². The van der Waals surface area contributed by atoms with E-state index in [4.69, 9.17) is 0 Å². The van der Waals surface area contributed by atoms with Gasteiger partial charge >= 0.3 is 12.3 Å². The summed E-state index contributed by atoms with van der Waals surface area (Å²) < 4.78 is 40.2. The van der Waals surface area contributed by atoms with E-state index in [1.165, 1.54) is 4.90 Å². The third-order valence-electron chi connectivity index (χ3n) is 3.82. The molecule has 0 aromatic rings. The molecule has 0 aromatic carbocycles. The molecule has 1 N–H and O–H groups in total. The van der Waals surface area contributed by atoms with Gasteiger partial charge in [0.15, 0.2) is 6.61 Å². The molecular weight excluding hydrogens is 315 g/mol. The Labute approximate surface area is 133 Å². The fourth-order valence-corrected chi connectivity index (χ4v) is 2.23. The Bertz CT molecular complexity index is 396. The molecule has 2 amide bonds. The van der Waals surface area contributed by atoms with Gasteiger partial charge in [0.1, 0.15) is 0 Å². The van der Waals surface area contributed by atoms with Gasteiger partial charge in [0, 0.05) is 32.1 Å². The summed E-state index contributed by atoms with van der Waals surface area (Å²) in [4.78, 5) is 26.8. The second-order valence-corrected chi connectivity index (χ2v) is 5.62. The van der Waals surface area contributed by atoms with E-state index in [1.807, 2.05) is 14.0 Å². The lowest BCUT2D eigenvalue weighted by atomic mass is 9.96. The van der Waals surface area contributed by atoms with Crippen molar-refractivity contribution in [2.45, 2.75) is 25.9 Å². The SMILES string of the molecule is CCN(C)CCNC(=O)C1CCN(C(=O)OCC(F)(F)F)CC1. The third kappa shape index (κ3) is 7.54. The van der Waals surface area contributed by atoms with E-state index in [0.717, 1.165) is 13.1 Å². The van der Waals surface area contributed by atoms with Crippen molar-refractivity contribution < 1.29 is 27.5 Å². The number of rotatable bonds is 6. The predicted octanol–water partition coefficient (Wildman–Crippen LogP) is 1.47. The van der Waals surface area contributed by atoms with Gasteiger partial charge in [-0.1, -0.05) is 6.92 Å². The van der Waals surface area contributed by atoms with E-state index < -0.39 is 18.9 Å². The summed E-state index contributed by atoms with van der Waals surface area (Å²) in [5.74, 6) is -0.286. The summed E-state index contributed by atoms with van der Waals surface area (Å²) in [6, 6.07) is 0. The Morgan fingerprint density at radius 3 is 2.43 bits per heavy atom. The number of nitrogens with one attached hydrogen (secondary N) is 1. The quantitative estimate of drug-likeness (QED) is 0.796. The Hall–Kier alpha value is -1.51. The lowest BCUT2D eigenvalue weighted by molar-refractivity contribution is -0.162. The zero-order valence-corrected chi connectivity index (χ0v) is 13.5. The van der Waals surface area contributed by atoms with E-state index in [9.17, 15) is 22.8 Å². The maximum Gasteiger partial charge on any atom is 0.422 e. The van der Waals surface area contributed by atoms with Crippen LogP contribution in [0.25, 0.3) is 0 Å². The van der Waals surface area contributed by atoms with Gasteiger partial charge < -0.3 is 19.9 Å². The molecule has 134 valence electrons. The molecule has 0 unspecified atom stereocenters. The Balaban J connectivity index is 2.26. The largest absolute Gasteiger partial charge is 0.440 e. The van der Waals surface area contributed by atoms with Crippen molar-refractivity contribution in [1.29, 1.82) is 0 Å². The number of hydrogen-bond acceptors (Lipinski definition) is 4. The van der Waals surface area contributed by atoms with Crippen LogP contribution in [-0.2, 0) is 9.53 Å².